The Kier molecular flexibility index (Phi) is 9.99. The van der Waals surface area contributed by atoms with Gasteiger partial charge in [0.2, 0.25) is 0 Å². The molecule has 0 aliphatic heterocycles. The molecule has 0 radical (unpaired) electrons. The topological polar surface area (TPSA) is 63.6 Å². The summed E-state index contributed by atoms with van der Waals surface area (Å²) in [5, 5.41) is 13.0. The zero-order chi connectivity index (χ0) is 15.3. The monoisotopic (exact) mass is 296 g/mol. The second-order valence-corrected chi connectivity index (χ2v) is 5.13. The maximum Gasteiger partial charge on any atom is 0.0897 e. The molecule has 0 saturated carbocycles. The van der Waals surface area contributed by atoms with Gasteiger partial charge in [-0.25, -0.2) is 0 Å². The van der Waals surface area contributed by atoms with Crippen LogP contribution in [0.15, 0.2) is 18.5 Å². The van der Waals surface area contributed by atoms with Gasteiger partial charge in [0.1, 0.15) is 0 Å². The molecule has 0 aliphatic carbocycles. The number of aryl methyl sites for hydroxylation is 1. The van der Waals surface area contributed by atoms with E-state index in [0.29, 0.717) is 32.9 Å². The van der Waals surface area contributed by atoms with Crippen molar-refractivity contribution in [2.75, 3.05) is 33.0 Å². The number of pyridine rings is 1. The van der Waals surface area contributed by atoms with Crippen LogP contribution in [0.5, 0.6) is 0 Å². The molecule has 1 heterocycles. The largest absolute Gasteiger partial charge is 0.389 e. The summed E-state index contributed by atoms with van der Waals surface area (Å²) in [4.78, 5) is 4.09. The Morgan fingerprint density at radius 1 is 1.29 bits per heavy atom. The van der Waals surface area contributed by atoms with Gasteiger partial charge in [-0.2, -0.15) is 0 Å². The van der Waals surface area contributed by atoms with Crippen molar-refractivity contribution in [3.8, 4) is 0 Å². The van der Waals surface area contributed by atoms with Crippen LogP contribution in [0.2, 0.25) is 0 Å². The van der Waals surface area contributed by atoms with E-state index in [1.807, 2.05) is 12.3 Å². The Bertz CT molecular complexity index is 374. The van der Waals surface area contributed by atoms with Gasteiger partial charge in [-0.1, -0.05) is 13.3 Å². The lowest BCUT2D eigenvalue weighted by Gasteiger charge is -2.13. The molecule has 1 unspecified atom stereocenters. The maximum atomic E-state index is 9.79. The van der Waals surface area contributed by atoms with Gasteiger partial charge in [0.15, 0.2) is 0 Å². The molecule has 1 atom stereocenters. The van der Waals surface area contributed by atoms with Crippen molar-refractivity contribution >= 4 is 0 Å². The number of aliphatic hydroxyl groups is 1. The highest BCUT2D eigenvalue weighted by molar-refractivity contribution is 5.20. The van der Waals surface area contributed by atoms with E-state index in [-0.39, 0.29) is 0 Å². The van der Waals surface area contributed by atoms with E-state index in [1.54, 1.807) is 6.20 Å². The first-order valence-electron chi connectivity index (χ1n) is 7.67. The van der Waals surface area contributed by atoms with Crippen LogP contribution in [0, 0.1) is 6.92 Å². The van der Waals surface area contributed by atoms with Crippen molar-refractivity contribution in [2.24, 2.45) is 0 Å². The number of nitrogens with zero attached hydrogens (tertiary/aromatic N) is 1. The molecule has 1 rings (SSSR count). The van der Waals surface area contributed by atoms with Gasteiger partial charge in [0.05, 0.1) is 25.9 Å². The second-order valence-electron chi connectivity index (χ2n) is 5.13. The van der Waals surface area contributed by atoms with Crippen LogP contribution in [0.4, 0.5) is 0 Å². The second kappa shape index (κ2) is 11.6. The first kappa shape index (κ1) is 18.0. The smallest absolute Gasteiger partial charge is 0.0897 e. The fourth-order valence-corrected chi connectivity index (χ4v) is 1.80. The number of nitrogens with one attached hydrogen (secondary N) is 1. The van der Waals surface area contributed by atoms with Crippen LogP contribution in [0.25, 0.3) is 0 Å². The van der Waals surface area contributed by atoms with Gasteiger partial charge < -0.3 is 19.9 Å². The van der Waals surface area contributed by atoms with Crippen LogP contribution in [0.1, 0.15) is 30.9 Å². The predicted octanol–water partition coefficient (Wildman–Crippen LogP) is 1.67. The van der Waals surface area contributed by atoms with Gasteiger partial charge in [-0.05, 0) is 30.5 Å². The summed E-state index contributed by atoms with van der Waals surface area (Å²) >= 11 is 0. The first-order chi connectivity index (χ1) is 10.2. The Morgan fingerprint density at radius 2 is 2.10 bits per heavy atom. The minimum absolute atomic E-state index is 0.330. The average Bonchev–Trinajstić information content (AvgIpc) is 2.48. The third-order valence-corrected chi connectivity index (χ3v) is 3.17. The van der Waals surface area contributed by atoms with Crippen molar-refractivity contribution in [3.63, 3.8) is 0 Å². The van der Waals surface area contributed by atoms with E-state index in [1.165, 1.54) is 5.56 Å². The van der Waals surface area contributed by atoms with Gasteiger partial charge >= 0.3 is 0 Å². The third kappa shape index (κ3) is 8.78. The summed E-state index contributed by atoms with van der Waals surface area (Å²) < 4.78 is 10.8. The van der Waals surface area contributed by atoms with E-state index in [9.17, 15) is 5.11 Å². The van der Waals surface area contributed by atoms with E-state index >= 15 is 0 Å². The minimum Gasteiger partial charge on any atom is -0.389 e. The number of unbranched alkanes of at least 4 members (excludes halogenated alkanes) is 1. The summed E-state index contributed by atoms with van der Waals surface area (Å²) in [6.07, 6.45) is 5.35. The molecule has 0 aliphatic rings. The lowest BCUT2D eigenvalue weighted by molar-refractivity contribution is 0.00384. The molecule has 0 fully saturated rings. The van der Waals surface area contributed by atoms with Gasteiger partial charge in [0.25, 0.3) is 0 Å². The molecule has 120 valence electrons. The van der Waals surface area contributed by atoms with Gasteiger partial charge in [-0.15, -0.1) is 0 Å². The van der Waals surface area contributed by atoms with Crippen LogP contribution in [-0.2, 0) is 16.0 Å². The van der Waals surface area contributed by atoms with E-state index in [2.05, 4.69) is 24.1 Å². The quantitative estimate of drug-likeness (QED) is 0.575. The summed E-state index contributed by atoms with van der Waals surface area (Å²) in [6, 6.07) is 1.98. The molecule has 0 saturated heterocycles. The van der Waals surface area contributed by atoms with E-state index in [4.69, 9.17) is 9.47 Å². The molecular weight excluding hydrogens is 268 g/mol. The SMILES string of the molecule is CCCCOCCOCC(O)CNCc1cnccc1C. The molecule has 1 aromatic rings. The van der Waals surface area contributed by atoms with Gasteiger partial charge in [-0.3, -0.25) is 4.98 Å². The summed E-state index contributed by atoms with van der Waals surface area (Å²) in [5.41, 5.74) is 2.35. The van der Waals surface area contributed by atoms with E-state index in [0.717, 1.165) is 25.0 Å². The molecule has 5 heteroatoms. The minimum atomic E-state index is -0.502. The fourth-order valence-electron chi connectivity index (χ4n) is 1.80. The molecule has 0 spiro atoms. The van der Waals surface area contributed by atoms with Crippen LogP contribution >= 0.6 is 0 Å². The van der Waals surface area contributed by atoms with Crippen LogP contribution in [0.3, 0.4) is 0 Å². The summed E-state index contributed by atoms with van der Waals surface area (Å²) in [6.45, 7) is 7.64. The first-order valence-corrected chi connectivity index (χ1v) is 7.67. The normalized spacial score (nSPS) is 12.5. The molecule has 5 nitrogen and oxygen atoms in total. The molecule has 21 heavy (non-hydrogen) atoms. The fraction of sp³-hybridized carbons (Fsp3) is 0.688. The zero-order valence-corrected chi connectivity index (χ0v) is 13.2. The number of aromatic nitrogens is 1. The van der Waals surface area contributed by atoms with Crippen molar-refractivity contribution in [1.82, 2.24) is 10.3 Å². The van der Waals surface area contributed by atoms with Crippen molar-refractivity contribution in [1.29, 1.82) is 0 Å². The molecule has 1 aromatic heterocycles. The number of ether oxygens (including phenoxy) is 2. The molecule has 0 aromatic carbocycles. The van der Waals surface area contributed by atoms with E-state index < -0.39 is 6.10 Å². The lowest BCUT2D eigenvalue weighted by atomic mass is 10.1. The lowest BCUT2D eigenvalue weighted by Crippen LogP contribution is -2.30. The number of rotatable bonds is 12. The van der Waals surface area contributed by atoms with Crippen LogP contribution in [-0.4, -0.2) is 49.2 Å². The van der Waals surface area contributed by atoms with Crippen molar-refractivity contribution in [2.45, 2.75) is 39.3 Å². The highest BCUT2D eigenvalue weighted by atomic mass is 16.5. The maximum absolute atomic E-state index is 9.79. The highest BCUT2D eigenvalue weighted by Gasteiger charge is 2.04. The van der Waals surface area contributed by atoms with Crippen LogP contribution < -0.4 is 5.32 Å². The molecule has 2 N–H and O–H groups in total. The Morgan fingerprint density at radius 3 is 2.86 bits per heavy atom. The number of hydrogen-bond acceptors (Lipinski definition) is 5. The van der Waals surface area contributed by atoms with Crippen molar-refractivity contribution in [3.05, 3.63) is 29.6 Å². The predicted molar refractivity (Wildman–Crippen MR) is 83.2 cm³/mol. The zero-order valence-electron chi connectivity index (χ0n) is 13.2. The highest BCUT2D eigenvalue weighted by Crippen LogP contribution is 2.03. The molecular formula is C16H28N2O3. The third-order valence-electron chi connectivity index (χ3n) is 3.17. The molecule has 0 amide bonds. The Balaban J connectivity index is 1.99. The van der Waals surface area contributed by atoms with Gasteiger partial charge in [0, 0.05) is 32.1 Å². The summed E-state index contributed by atoms with van der Waals surface area (Å²) in [5.74, 6) is 0. The summed E-state index contributed by atoms with van der Waals surface area (Å²) in [7, 11) is 0. The number of aliphatic hydroxyl groups excluding tert-OH is 1. The standard InChI is InChI=1S/C16H28N2O3/c1-3-4-7-20-8-9-21-13-16(19)12-18-11-15-10-17-6-5-14(15)2/h5-6,10,16,18-19H,3-4,7-9,11-13H2,1-2H3. The average molecular weight is 296 g/mol. The van der Waals surface area contributed by atoms with Crippen molar-refractivity contribution < 1.29 is 14.6 Å². The number of hydrogen-bond donors (Lipinski definition) is 2. The molecule has 0 bridgehead atoms. The Hall–Kier alpha value is -1.01. The Labute approximate surface area is 127 Å².